The van der Waals surface area contributed by atoms with Crippen LogP contribution in [0.15, 0.2) is 18.5 Å². The standard InChI is InChI=1S/C15H18N4S/c1-4-7-19-12-5-6-17-8-11(12)18-15(19)13-9(2)10(3)20-14(13)16/h5-6,8H,4,7,16H2,1-3H3. The first-order valence-electron chi connectivity index (χ1n) is 6.79. The van der Waals surface area contributed by atoms with Crippen LogP contribution in [0.3, 0.4) is 0 Å². The van der Waals surface area contributed by atoms with Gasteiger partial charge in [-0.15, -0.1) is 11.3 Å². The molecular formula is C15H18N4S. The highest BCUT2D eigenvalue weighted by Gasteiger charge is 2.19. The van der Waals surface area contributed by atoms with E-state index in [0.29, 0.717) is 0 Å². The number of pyridine rings is 1. The zero-order valence-corrected chi connectivity index (χ0v) is 12.8. The molecule has 3 aromatic heterocycles. The number of anilines is 1. The predicted molar refractivity (Wildman–Crippen MR) is 85.0 cm³/mol. The van der Waals surface area contributed by atoms with Gasteiger partial charge in [-0.2, -0.15) is 0 Å². The molecule has 5 heteroatoms. The van der Waals surface area contributed by atoms with Crippen molar-refractivity contribution in [2.24, 2.45) is 0 Å². The number of imidazole rings is 1. The van der Waals surface area contributed by atoms with Crippen LogP contribution in [0.2, 0.25) is 0 Å². The highest BCUT2D eigenvalue weighted by molar-refractivity contribution is 7.16. The van der Waals surface area contributed by atoms with Gasteiger partial charge in [-0.1, -0.05) is 6.92 Å². The lowest BCUT2D eigenvalue weighted by Gasteiger charge is -2.08. The molecule has 4 nitrogen and oxygen atoms in total. The highest BCUT2D eigenvalue weighted by Crippen LogP contribution is 2.38. The molecule has 0 bridgehead atoms. The zero-order chi connectivity index (χ0) is 14.3. The van der Waals surface area contributed by atoms with Crippen LogP contribution >= 0.6 is 11.3 Å². The van der Waals surface area contributed by atoms with Crippen LogP contribution < -0.4 is 5.73 Å². The second-order valence-electron chi connectivity index (χ2n) is 4.97. The Bertz CT molecular complexity index is 770. The smallest absolute Gasteiger partial charge is 0.144 e. The van der Waals surface area contributed by atoms with Crippen molar-refractivity contribution in [3.05, 3.63) is 28.9 Å². The molecule has 0 aliphatic carbocycles. The van der Waals surface area contributed by atoms with Crippen molar-refractivity contribution in [1.29, 1.82) is 0 Å². The Morgan fingerprint density at radius 3 is 2.80 bits per heavy atom. The second kappa shape index (κ2) is 4.90. The Morgan fingerprint density at radius 2 is 2.15 bits per heavy atom. The minimum Gasteiger partial charge on any atom is -0.390 e. The monoisotopic (exact) mass is 286 g/mol. The SMILES string of the molecule is CCCn1c(-c2c(N)sc(C)c2C)nc2cnccc21. The maximum atomic E-state index is 6.21. The molecule has 0 amide bonds. The van der Waals surface area contributed by atoms with Crippen molar-refractivity contribution in [3.63, 3.8) is 0 Å². The summed E-state index contributed by atoms with van der Waals surface area (Å²) in [6, 6.07) is 2.02. The molecule has 3 heterocycles. The largest absolute Gasteiger partial charge is 0.390 e. The van der Waals surface area contributed by atoms with E-state index in [0.717, 1.165) is 40.4 Å². The van der Waals surface area contributed by atoms with Gasteiger partial charge >= 0.3 is 0 Å². The predicted octanol–water partition coefficient (Wildman–Crippen LogP) is 3.77. The van der Waals surface area contributed by atoms with E-state index in [-0.39, 0.29) is 0 Å². The summed E-state index contributed by atoms with van der Waals surface area (Å²) in [5, 5.41) is 0.848. The number of nitrogen functional groups attached to an aromatic ring is 1. The molecule has 3 aromatic rings. The fraction of sp³-hybridized carbons (Fsp3) is 0.333. The Hall–Kier alpha value is -1.88. The Balaban J connectivity index is 2.32. The van der Waals surface area contributed by atoms with Crippen molar-refractivity contribution in [1.82, 2.24) is 14.5 Å². The van der Waals surface area contributed by atoms with Crippen molar-refractivity contribution in [2.45, 2.75) is 33.7 Å². The lowest BCUT2D eigenvalue weighted by Crippen LogP contribution is -2.01. The third kappa shape index (κ3) is 1.89. The van der Waals surface area contributed by atoms with Crippen LogP contribution in [0.1, 0.15) is 23.8 Å². The van der Waals surface area contributed by atoms with Crippen molar-refractivity contribution in [3.8, 4) is 11.4 Å². The fourth-order valence-electron chi connectivity index (χ4n) is 2.55. The summed E-state index contributed by atoms with van der Waals surface area (Å²) >= 11 is 1.64. The lowest BCUT2D eigenvalue weighted by atomic mass is 10.1. The van der Waals surface area contributed by atoms with Gasteiger partial charge in [0.15, 0.2) is 0 Å². The second-order valence-corrected chi connectivity index (χ2v) is 6.23. The number of aromatic nitrogens is 3. The quantitative estimate of drug-likeness (QED) is 0.797. The number of nitrogens with two attached hydrogens (primary N) is 1. The molecule has 20 heavy (non-hydrogen) atoms. The highest BCUT2D eigenvalue weighted by atomic mass is 32.1. The first-order chi connectivity index (χ1) is 9.63. The van der Waals surface area contributed by atoms with E-state index in [9.17, 15) is 0 Å². The molecule has 0 aliphatic heterocycles. The minimum atomic E-state index is 0.848. The average molecular weight is 286 g/mol. The summed E-state index contributed by atoms with van der Waals surface area (Å²) in [6.07, 6.45) is 4.69. The topological polar surface area (TPSA) is 56.7 Å². The van der Waals surface area contributed by atoms with Gasteiger partial charge in [0.25, 0.3) is 0 Å². The van der Waals surface area contributed by atoms with E-state index in [1.54, 1.807) is 11.3 Å². The maximum Gasteiger partial charge on any atom is 0.144 e. The first kappa shape index (κ1) is 13.1. The molecule has 0 saturated heterocycles. The summed E-state index contributed by atoms with van der Waals surface area (Å²) < 4.78 is 2.25. The summed E-state index contributed by atoms with van der Waals surface area (Å²) in [4.78, 5) is 10.2. The Morgan fingerprint density at radius 1 is 1.35 bits per heavy atom. The van der Waals surface area contributed by atoms with Crippen LogP contribution in [0, 0.1) is 13.8 Å². The molecule has 2 N–H and O–H groups in total. The van der Waals surface area contributed by atoms with E-state index in [4.69, 9.17) is 10.7 Å². The van der Waals surface area contributed by atoms with E-state index < -0.39 is 0 Å². The number of nitrogens with zero attached hydrogens (tertiary/aromatic N) is 3. The number of rotatable bonds is 3. The molecule has 0 aromatic carbocycles. The number of fused-ring (bicyclic) bond motifs is 1. The van der Waals surface area contributed by atoms with Crippen molar-refractivity contribution >= 4 is 27.4 Å². The van der Waals surface area contributed by atoms with E-state index >= 15 is 0 Å². The lowest BCUT2D eigenvalue weighted by molar-refractivity contribution is 0.704. The van der Waals surface area contributed by atoms with E-state index in [1.165, 1.54) is 10.4 Å². The van der Waals surface area contributed by atoms with Gasteiger partial charge in [0.2, 0.25) is 0 Å². The number of hydrogen-bond acceptors (Lipinski definition) is 4. The van der Waals surface area contributed by atoms with Crippen LogP contribution in [-0.4, -0.2) is 14.5 Å². The number of hydrogen-bond donors (Lipinski definition) is 1. The van der Waals surface area contributed by atoms with Gasteiger partial charge in [0, 0.05) is 17.6 Å². The van der Waals surface area contributed by atoms with Crippen LogP contribution in [0.25, 0.3) is 22.4 Å². The van der Waals surface area contributed by atoms with Gasteiger partial charge in [0.1, 0.15) is 11.3 Å². The number of thiophene rings is 1. The Kier molecular flexibility index (Phi) is 3.22. The summed E-state index contributed by atoms with van der Waals surface area (Å²) in [6.45, 7) is 7.33. The summed E-state index contributed by atoms with van der Waals surface area (Å²) in [5.41, 5.74) is 10.6. The Labute approximate surface area is 122 Å². The molecule has 0 saturated carbocycles. The van der Waals surface area contributed by atoms with Gasteiger partial charge < -0.3 is 10.3 Å². The normalized spacial score (nSPS) is 11.3. The van der Waals surface area contributed by atoms with Crippen LogP contribution in [0.5, 0.6) is 0 Å². The van der Waals surface area contributed by atoms with E-state index in [2.05, 4.69) is 30.3 Å². The molecule has 0 spiro atoms. The minimum absolute atomic E-state index is 0.848. The van der Waals surface area contributed by atoms with Crippen LogP contribution in [-0.2, 0) is 6.54 Å². The summed E-state index contributed by atoms with van der Waals surface area (Å²) in [7, 11) is 0. The molecule has 0 fully saturated rings. The maximum absolute atomic E-state index is 6.21. The third-order valence-corrected chi connectivity index (χ3v) is 4.67. The number of aryl methyl sites for hydroxylation is 2. The van der Waals surface area contributed by atoms with Gasteiger partial charge in [-0.25, -0.2) is 4.98 Å². The third-order valence-electron chi connectivity index (χ3n) is 3.63. The van der Waals surface area contributed by atoms with E-state index in [1.807, 2.05) is 18.5 Å². The van der Waals surface area contributed by atoms with Gasteiger partial charge in [0.05, 0.1) is 22.3 Å². The van der Waals surface area contributed by atoms with Gasteiger partial charge in [-0.3, -0.25) is 4.98 Å². The van der Waals surface area contributed by atoms with Gasteiger partial charge in [-0.05, 0) is 31.9 Å². The van der Waals surface area contributed by atoms with Crippen molar-refractivity contribution in [2.75, 3.05) is 5.73 Å². The average Bonchev–Trinajstić information content (AvgIpc) is 2.89. The molecule has 3 rings (SSSR count). The fourth-order valence-corrected chi connectivity index (χ4v) is 3.49. The molecule has 104 valence electrons. The molecule has 0 aliphatic rings. The molecular weight excluding hydrogens is 268 g/mol. The van der Waals surface area contributed by atoms with Crippen molar-refractivity contribution < 1.29 is 0 Å². The molecule has 0 atom stereocenters. The molecule has 0 radical (unpaired) electrons. The molecule has 0 unspecified atom stereocenters. The zero-order valence-electron chi connectivity index (χ0n) is 12.0. The summed E-state index contributed by atoms with van der Waals surface area (Å²) in [5.74, 6) is 0.967. The van der Waals surface area contributed by atoms with Crippen LogP contribution in [0.4, 0.5) is 5.00 Å². The first-order valence-corrected chi connectivity index (χ1v) is 7.61.